The van der Waals surface area contributed by atoms with Crippen molar-refractivity contribution >= 4 is 38.6 Å². The number of aromatic nitrogens is 2. The lowest BCUT2D eigenvalue weighted by molar-refractivity contribution is 0.102. The molecule has 1 aromatic heterocycles. The summed E-state index contributed by atoms with van der Waals surface area (Å²) in [6.45, 7) is 3.84. The monoisotopic (exact) mass is 355 g/mol. The van der Waals surface area contributed by atoms with Gasteiger partial charge in [0.05, 0.1) is 28.1 Å². The lowest BCUT2D eigenvalue weighted by atomic mass is 10.1. The van der Waals surface area contributed by atoms with E-state index in [0.717, 1.165) is 32.6 Å². The molecule has 0 bridgehead atoms. The second kappa shape index (κ2) is 5.85. The number of anilines is 1. The Morgan fingerprint density at radius 2 is 1.68 bits per heavy atom. The molecular weight excluding hydrogens is 342 g/mol. The Morgan fingerprint density at radius 3 is 2.41 bits per heavy atom. The molecule has 110 valence electrons. The minimum atomic E-state index is -0.172. The van der Waals surface area contributed by atoms with E-state index in [9.17, 15) is 4.79 Å². The highest BCUT2D eigenvalue weighted by Crippen LogP contribution is 2.22. The van der Waals surface area contributed by atoms with E-state index in [-0.39, 0.29) is 5.91 Å². The standard InChI is InChI=1S/C17H14BrN3O/c1-10-11(2)20-16-9-12(7-8-15(16)19-10)17(22)21-14-6-4-3-5-13(14)18/h3-9H,1-2H3,(H,21,22). The fourth-order valence-electron chi connectivity index (χ4n) is 2.13. The van der Waals surface area contributed by atoms with E-state index in [1.165, 1.54) is 0 Å². The van der Waals surface area contributed by atoms with Crippen LogP contribution < -0.4 is 5.32 Å². The molecule has 0 aliphatic rings. The fraction of sp³-hybridized carbons (Fsp3) is 0.118. The van der Waals surface area contributed by atoms with Crippen LogP contribution in [-0.4, -0.2) is 15.9 Å². The van der Waals surface area contributed by atoms with Gasteiger partial charge in [0.15, 0.2) is 0 Å². The number of aryl methyl sites for hydroxylation is 2. The molecule has 3 rings (SSSR count). The number of nitrogens with zero attached hydrogens (tertiary/aromatic N) is 2. The Hall–Kier alpha value is -2.27. The molecule has 22 heavy (non-hydrogen) atoms. The minimum absolute atomic E-state index is 0.172. The molecule has 0 aliphatic carbocycles. The van der Waals surface area contributed by atoms with Crippen molar-refractivity contribution in [3.63, 3.8) is 0 Å². The summed E-state index contributed by atoms with van der Waals surface area (Å²) in [5.74, 6) is -0.172. The summed E-state index contributed by atoms with van der Waals surface area (Å²) in [4.78, 5) is 21.3. The van der Waals surface area contributed by atoms with Crippen LogP contribution in [-0.2, 0) is 0 Å². The van der Waals surface area contributed by atoms with Gasteiger partial charge in [-0.05, 0) is 60.1 Å². The number of para-hydroxylation sites is 1. The quantitative estimate of drug-likeness (QED) is 0.746. The predicted octanol–water partition coefficient (Wildman–Crippen LogP) is 4.26. The summed E-state index contributed by atoms with van der Waals surface area (Å²) in [6.07, 6.45) is 0. The third-order valence-electron chi connectivity index (χ3n) is 3.46. The zero-order valence-corrected chi connectivity index (χ0v) is 13.8. The Kier molecular flexibility index (Phi) is 3.90. The number of benzene rings is 2. The molecule has 0 aliphatic heterocycles. The molecule has 1 amide bonds. The topological polar surface area (TPSA) is 54.9 Å². The van der Waals surface area contributed by atoms with Gasteiger partial charge in [-0.25, -0.2) is 9.97 Å². The summed E-state index contributed by atoms with van der Waals surface area (Å²) in [5.41, 5.74) is 4.58. The largest absolute Gasteiger partial charge is 0.321 e. The molecular formula is C17H14BrN3O. The molecule has 2 aromatic carbocycles. The van der Waals surface area contributed by atoms with Crippen LogP contribution in [0.4, 0.5) is 5.69 Å². The van der Waals surface area contributed by atoms with E-state index < -0.39 is 0 Å². The predicted molar refractivity (Wildman–Crippen MR) is 91.1 cm³/mol. The first kappa shape index (κ1) is 14.7. The molecule has 0 atom stereocenters. The molecule has 3 aromatic rings. The van der Waals surface area contributed by atoms with Crippen LogP contribution in [0.2, 0.25) is 0 Å². The molecule has 0 unspecified atom stereocenters. The van der Waals surface area contributed by atoms with Crippen molar-refractivity contribution in [1.29, 1.82) is 0 Å². The molecule has 0 radical (unpaired) electrons. The number of fused-ring (bicyclic) bond motifs is 1. The summed E-state index contributed by atoms with van der Waals surface area (Å²) in [5, 5.41) is 2.88. The minimum Gasteiger partial charge on any atom is -0.321 e. The summed E-state index contributed by atoms with van der Waals surface area (Å²) < 4.78 is 0.843. The first-order valence-corrected chi connectivity index (χ1v) is 7.65. The molecule has 0 spiro atoms. The highest BCUT2D eigenvalue weighted by atomic mass is 79.9. The van der Waals surface area contributed by atoms with Gasteiger partial charge in [-0.15, -0.1) is 0 Å². The Balaban J connectivity index is 1.94. The van der Waals surface area contributed by atoms with Gasteiger partial charge in [-0.1, -0.05) is 12.1 Å². The van der Waals surface area contributed by atoms with Crippen LogP contribution in [0.5, 0.6) is 0 Å². The van der Waals surface area contributed by atoms with E-state index in [1.807, 2.05) is 44.2 Å². The van der Waals surface area contributed by atoms with Crippen molar-refractivity contribution in [3.8, 4) is 0 Å². The summed E-state index contributed by atoms with van der Waals surface area (Å²) in [6, 6.07) is 12.8. The van der Waals surface area contributed by atoms with Gasteiger partial charge >= 0.3 is 0 Å². The maximum atomic E-state index is 12.4. The van der Waals surface area contributed by atoms with Crippen LogP contribution in [0, 0.1) is 13.8 Å². The summed E-state index contributed by atoms with van der Waals surface area (Å²) in [7, 11) is 0. The third kappa shape index (κ3) is 2.85. The van der Waals surface area contributed by atoms with Crippen molar-refractivity contribution in [2.75, 3.05) is 5.32 Å². The van der Waals surface area contributed by atoms with Crippen LogP contribution >= 0.6 is 15.9 Å². The first-order valence-electron chi connectivity index (χ1n) is 6.85. The van der Waals surface area contributed by atoms with Crippen molar-refractivity contribution in [2.24, 2.45) is 0 Å². The molecule has 0 saturated carbocycles. The Morgan fingerprint density at radius 1 is 1.00 bits per heavy atom. The maximum absolute atomic E-state index is 12.4. The van der Waals surface area contributed by atoms with Gasteiger partial charge in [0.25, 0.3) is 5.91 Å². The number of amides is 1. The number of carbonyl (C=O) groups is 1. The van der Waals surface area contributed by atoms with Crippen LogP contribution in [0.25, 0.3) is 11.0 Å². The third-order valence-corrected chi connectivity index (χ3v) is 4.15. The van der Waals surface area contributed by atoms with Gasteiger partial charge in [0, 0.05) is 10.0 Å². The van der Waals surface area contributed by atoms with Crippen LogP contribution in [0.1, 0.15) is 21.7 Å². The maximum Gasteiger partial charge on any atom is 0.255 e. The smallest absolute Gasteiger partial charge is 0.255 e. The molecule has 5 heteroatoms. The second-order valence-electron chi connectivity index (χ2n) is 5.03. The van der Waals surface area contributed by atoms with Crippen molar-refractivity contribution in [2.45, 2.75) is 13.8 Å². The van der Waals surface area contributed by atoms with Gasteiger partial charge in [-0.3, -0.25) is 4.79 Å². The van der Waals surface area contributed by atoms with E-state index in [4.69, 9.17) is 0 Å². The van der Waals surface area contributed by atoms with E-state index in [1.54, 1.807) is 12.1 Å². The second-order valence-corrected chi connectivity index (χ2v) is 5.89. The van der Waals surface area contributed by atoms with Crippen LogP contribution in [0.15, 0.2) is 46.9 Å². The normalized spacial score (nSPS) is 10.7. The van der Waals surface area contributed by atoms with Crippen molar-refractivity contribution in [1.82, 2.24) is 9.97 Å². The zero-order valence-electron chi connectivity index (χ0n) is 12.2. The lowest BCUT2D eigenvalue weighted by Gasteiger charge is -2.08. The van der Waals surface area contributed by atoms with E-state index >= 15 is 0 Å². The average molecular weight is 356 g/mol. The van der Waals surface area contributed by atoms with Crippen LogP contribution in [0.3, 0.4) is 0 Å². The molecule has 0 saturated heterocycles. The highest BCUT2D eigenvalue weighted by molar-refractivity contribution is 9.10. The van der Waals surface area contributed by atoms with Gasteiger partial charge < -0.3 is 5.32 Å². The fourth-order valence-corrected chi connectivity index (χ4v) is 2.51. The van der Waals surface area contributed by atoms with Gasteiger partial charge in [0.1, 0.15) is 0 Å². The first-order chi connectivity index (χ1) is 10.5. The number of rotatable bonds is 2. The molecule has 4 nitrogen and oxygen atoms in total. The van der Waals surface area contributed by atoms with Crippen molar-refractivity contribution < 1.29 is 4.79 Å². The zero-order chi connectivity index (χ0) is 15.7. The number of carbonyl (C=O) groups excluding carboxylic acids is 1. The van der Waals surface area contributed by atoms with Gasteiger partial charge in [0.2, 0.25) is 0 Å². The molecule has 1 N–H and O–H groups in total. The van der Waals surface area contributed by atoms with E-state index in [0.29, 0.717) is 5.56 Å². The lowest BCUT2D eigenvalue weighted by Crippen LogP contribution is -2.12. The SMILES string of the molecule is Cc1nc2ccc(C(=O)Nc3ccccc3Br)cc2nc1C. The number of hydrogen-bond acceptors (Lipinski definition) is 3. The number of nitrogens with one attached hydrogen (secondary N) is 1. The summed E-state index contributed by atoms with van der Waals surface area (Å²) >= 11 is 3.42. The molecule has 1 heterocycles. The van der Waals surface area contributed by atoms with E-state index in [2.05, 4.69) is 31.2 Å². The Labute approximate surface area is 136 Å². The van der Waals surface area contributed by atoms with Crippen molar-refractivity contribution in [3.05, 3.63) is 63.9 Å². The highest BCUT2D eigenvalue weighted by Gasteiger charge is 2.10. The average Bonchev–Trinajstić information content (AvgIpc) is 2.50. The Bertz CT molecular complexity index is 877. The van der Waals surface area contributed by atoms with Gasteiger partial charge in [-0.2, -0.15) is 0 Å². The number of hydrogen-bond donors (Lipinski definition) is 1. The molecule has 0 fully saturated rings. The number of halogens is 1.